The largest absolute Gasteiger partial charge is 0.399 e. The zero-order valence-electron chi connectivity index (χ0n) is 11.3. The fourth-order valence-corrected chi connectivity index (χ4v) is 4.65. The number of nitrogen functional groups attached to an aromatic ring is 1. The molecule has 1 aliphatic rings. The van der Waals surface area contributed by atoms with Crippen LogP contribution >= 0.6 is 0 Å². The highest BCUT2D eigenvalue weighted by Crippen LogP contribution is 2.32. The van der Waals surface area contributed by atoms with E-state index in [1.165, 1.54) is 19.3 Å². The number of hydrogen-bond acceptors (Lipinski definition) is 2. The molecule has 1 fully saturated rings. The Morgan fingerprint density at radius 3 is 2.83 bits per heavy atom. The molecule has 1 aliphatic carbocycles. The van der Waals surface area contributed by atoms with Crippen molar-refractivity contribution in [2.45, 2.75) is 56.1 Å². The lowest BCUT2D eigenvalue weighted by atomic mass is 9.87. The maximum absolute atomic E-state index is 12.7. The van der Waals surface area contributed by atoms with E-state index in [4.69, 9.17) is 5.73 Å². The van der Waals surface area contributed by atoms with E-state index in [0.717, 1.165) is 34.9 Å². The molecule has 2 nitrogen and oxygen atoms in total. The Labute approximate surface area is 112 Å². The Balaban J connectivity index is 2.15. The molecule has 0 bridgehead atoms. The fraction of sp³-hybridized carbons (Fsp3) is 0.600. The second kappa shape index (κ2) is 5.87. The van der Waals surface area contributed by atoms with Gasteiger partial charge in [0.2, 0.25) is 0 Å². The molecule has 2 rings (SSSR count). The van der Waals surface area contributed by atoms with Gasteiger partial charge in [-0.2, -0.15) is 0 Å². The molecule has 18 heavy (non-hydrogen) atoms. The average molecular weight is 265 g/mol. The zero-order chi connectivity index (χ0) is 13.1. The van der Waals surface area contributed by atoms with Crippen LogP contribution in [0.2, 0.25) is 0 Å². The number of nitrogens with two attached hydrogens (primary N) is 1. The van der Waals surface area contributed by atoms with Crippen LogP contribution in [0.3, 0.4) is 0 Å². The van der Waals surface area contributed by atoms with Crippen LogP contribution in [0.15, 0.2) is 23.1 Å². The summed E-state index contributed by atoms with van der Waals surface area (Å²) in [7, 11) is -0.868. The monoisotopic (exact) mass is 265 g/mol. The first-order chi connectivity index (χ1) is 8.61. The highest BCUT2D eigenvalue weighted by atomic mass is 32.2. The number of aryl methyl sites for hydroxylation is 1. The lowest BCUT2D eigenvalue weighted by Gasteiger charge is -2.28. The molecule has 2 N–H and O–H groups in total. The van der Waals surface area contributed by atoms with Crippen LogP contribution in [-0.4, -0.2) is 9.46 Å². The maximum atomic E-state index is 12.7. The summed E-state index contributed by atoms with van der Waals surface area (Å²) in [6.07, 6.45) is 5.97. The second-order valence-corrected chi connectivity index (χ2v) is 7.09. The van der Waals surface area contributed by atoms with Crippen molar-refractivity contribution in [2.24, 2.45) is 5.92 Å². The predicted octanol–water partition coefficient (Wildman–Crippen LogP) is 3.65. The third-order valence-electron chi connectivity index (χ3n) is 4.03. The third-order valence-corrected chi connectivity index (χ3v) is 5.96. The van der Waals surface area contributed by atoms with Crippen molar-refractivity contribution >= 4 is 16.5 Å². The summed E-state index contributed by atoms with van der Waals surface area (Å²) in [6, 6.07) is 5.73. The number of anilines is 1. The molecule has 100 valence electrons. The Morgan fingerprint density at radius 2 is 2.17 bits per heavy atom. The molecular weight excluding hydrogens is 242 g/mol. The molecular formula is C15H23NOS. The van der Waals surface area contributed by atoms with Crippen LogP contribution in [-0.2, 0) is 10.8 Å². The van der Waals surface area contributed by atoms with Crippen LogP contribution in [0.25, 0.3) is 0 Å². The van der Waals surface area contributed by atoms with E-state index in [1.54, 1.807) is 0 Å². The van der Waals surface area contributed by atoms with Crippen molar-refractivity contribution in [3.05, 3.63) is 23.8 Å². The number of hydrogen-bond donors (Lipinski definition) is 1. The van der Waals surface area contributed by atoms with Crippen LogP contribution in [0.5, 0.6) is 0 Å². The van der Waals surface area contributed by atoms with Gasteiger partial charge in [0.1, 0.15) is 0 Å². The molecule has 0 amide bonds. The Hall–Kier alpha value is -0.830. The van der Waals surface area contributed by atoms with Crippen molar-refractivity contribution in [1.82, 2.24) is 0 Å². The van der Waals surface area contributed by atoms with Crippen molar-refractivity contribution < 1.29 is 4.21 Å². The molecule has 1 aromatic carbocycles. The first kappa shape index (κ1) is 13.6. The smallest absolute Gasteiger partial charge is 0.0563 e. The Bertz CT molecular complexity index is 444. The second-order valence-electron chi connectivity index (χ2n) is 5.39. The summed E-state index contributed by atoms with van der Waals surface area (Å²) in [4.78, 5) is 0.978. The lowest BCUT2D eigenvalue weighted by Crippen LogP contribution is -2.24. The molecule has 1 aromatic rings. The standard InChI is InChI=1S/C15H23NOS/c1-3-12-5-4-6-14(10-12)18(17)15-8-7-13(16)9-11(15)2/h7-9,12,14H,3-6,10,16H2,1-2H3. The highest BCUT2D eigenvalue weighted by Gasteiger charge is 2.26. The molecule has 0 saturated heterocycles. The van der Waals surface area contributed by atoms with Crippen molar-refractivity contribution in [3.8, 4) is 0 Å². The van der Waals surface area contributed by atoms with Gasteiger partial charge >= 0.3 is 0 Å². The predicted molar refractivity (Wildman–Crippen MR) is 78.0 cm³/mol. The molecule has 0 heterocycles. The lowest BCUT2D eigenvalue weighted by molar-refractivity contribution is 0.353. The Morgan fingerprint density at radius 1 is 1.39 bits per heavy atom. The fourth-order valence-electron chi connectivity index (χ4n) is 2.88. The minimum absolute atomic E-state index is 0.339. The molecule has 3 unspecified atom stereocenters. The molecule has 3 atom stereocenters. The van der Waals surface area contributed by atoms with Crippen LogP contribution in [0.4, 0.5) is 5.69 Å². The quantitative estimate of drug-likeness (QED) is 0.848. The molecule has 0 spiro atoms. The van der Waals surface area contributed by atoms with Crippen LogP contribution in [0.1, 0.15) is 44.6 Å². The average Bonchev–Trinajstić information content (AvgIpc) is 2.38. The van der Waals surface area contributed by atoms with Gasteiger partial charge in [0.25, 0.3) is 0 Å². The topological polar surface area (TPSA) is 43.1 Å². The van der Waals surface area contributed by atoms with Gasteiger partial charge in [-0.3, -0.25) is 4.21 Å². The normalized spacial score (nSPS) is 25.9. The van der Waals surface area contributed by atoms with Crippen molar-refractivity contribution in [1.29, 1.82) is 0 Å². The van der Waals surface area contributed by atoms with E-state index >= 15 is 0 Å². The number of rotatable bonds is 3. The SMILES string of the molecule is CCC1CCCC(S(=O)c2ccc(N)cc2C)C1. The summed E-state index contributed by atoms with van der Waals surface area (Å²) in [6.45, 7) is 4.24. The maximum Gasteiger partial charge on any atom is 0.0563 e. The third kappa shape index (κ3) is 2.94. The molecule has 0 radical (unpaired) electrons. The van der Waals surface area contributed by atoms with Gasteiger partial charge in [0, 0.05) is 15.8 Å². The van der Waals surface area contributed by atoms with Gasteiger partial charge in [-0.15, -0.1) is 0 Å². The van der Waals surface area contributed by atoms with E-state index in [-0.39, 0.29) is 0 Å². The van der Waals surface area contributed by atoms with Gasteiger partial charge in [0.05, 0.1) is 10.8 Å². The van der Waals surface area contributed by atoms with Crippen molar-refractivity contribution in [3.63, 3.8) is 0 Å². The van der Waals surface area contributed by atoms with Gasteiger partial charge in [0.15, 0.2) is 0 Å². The minimum atomic E-state index is -0.868. The Kier molecular flexibility index (Phi) is 4.44. The van der Waals surface area contributed by atoms with Gasteiger partial charge < -0.3 is 5.73 Å². The summed E-state index contributed by atoms with van der Waals surface area (Å²) >= 11 is 0. The van der Waals surface area contributed by atoms with Gasteiger partial charge in [-0.05, 0) is 49.4 Å². The summed E-state index contributed by atoms with van der Waals surface area (Å²) in [5.74, 6) is 0.766. The van der Waals surface area contributed by atoms with E-state index in [2.05, 4.69) is 6.92 Å². The minimum Gasteiger partial charge on any atom is -0.399 e. The first-order valence-electron chi connectivity index (χ1n) is 6.88. The molecule has 3 heteroatoms. The van der Waals surface area contributed by atoms with E-state index < -0.39 is 10.8 Å². The number of benzene rings is 1. The van der Waals surface area contributed by atoms with Gasteiger partial charge in [-0.25, -0.2) is 0 Å². The van der Waals surface area contributed by atoms with Gasteiger partial charge in [-0.1, -0.05) is 26.2 Å². The zero-order valence-corrected chi connectivity index (χ0v) is 12.1. The van der Waals surface area contributed by atoms with Crippen molar-refractivity contribution in [2.75, 3.05) is 5.73 Å². The van der Waals surface area contributed by atoms with E-state index in [9.17, 15) is 4.21 Å². The molecule has 0 aliphatic heterocycles. The summed E-state index contributed by atoms with van der Waals surface area (Å²) < 4.78 is 12.7. The molecule has 0 aromatic heterocycles. The van der Waals surface area contributed by atoms with Crippen LogP contribution < -0.4 is 5.73 Å². The summed E-state index contributed by atoms with van der Waals surface area (Å²) in [5.41, 5.74) is 7.57. The highest BCUT2D eigenvalue weighted by molar-refractivity contribution is 7.85. The van der Waals surface area contributed by atoms with E-state index in [0.29, 0.717) is 5.25 Å². The van der Waals surface area contributed by atoms with E-state index in [1.807, 2.05) is 25.1 Å². The summed E-state index contributed by atoms with van der Waals surface area (Å²) in [5, 5.41) is 0.339. The molecule has 1 saturated carbocycles. The van der Waals surface area contributed by atoms with Crippen LogP contribution in [0, 0.1) is 12.8 Å². The first-order valence-corrected chi connectivity index (χ1v) is 8.09.